The van der Waals surface area contributed by atoms with Gasteiger partial charge in [-0.05, 0) is 42.2 Å². The Bertz CT molecular complexity index is 1040. The number of nitrogens with zero attached hydrogens (tertiary/aromatic N) is 1. The number of carboxylic acid groups (broad SMARTS) is 1. The highest BCUT2D eigenvalue weighted by atomic mass is 16.4. The molecule has 5 nitrogen and oxygen atoms in total. The summed E-state index contributed by atoms with van der Waals surface area (Å²) in [6.07, 6.45) is 2.27. The minimum Gasteiger partial charge on any atom is -0.478 e. The summed E-state index contributed by atoms with van der Waals surface area (Å²) in [4.78, 5) is 26.6. The maximum atomic E-state index is 13.1. The molecule has 0 saturated heterocycles. The van der Waals surface area contributed by atoms with Crippen LogP contribution in [0.4, 0.5) is 5.69 Å². The molecule has 5 heteroatoms. The molecule has 0 saturated carbocycles. The van der Waals surface area contributed by atoms with E-state index in [4.69, 9.17) is 5.11 Å². The number of hydrogen-bond donors (Lipinski definition) is 2. The first-order chi connectivity index (χ1) is 16.0. The zero-order valence-electron chi connectivity index (χ0n) is 19.3. The van der Waals surface area contributed by atoms with E-state index in [1.165, 1.54) is 12.1 Å². The van der Waals surface area contributed by atoms with Gasteiger partial charge in [0.15, 0.2) is 0 Å². The molecule has 0 fully saturated rings. The zero-order chi connectivity index (χ0) is 23.6. The standard InChI is InChI=1S/C28H32N2O3/c1-3-18-30(19-4-2)25-13-9-8-12-24(25)27(22-10-6-5-7-11-22)29-26(31)20-21-14-16-23(17-15-21)28(32)33/h5-17,27H,3-4,18-20H2,1-2H3,(H,29,31)(H,32,33). The van der Waals surface area contributed by atoms with Gasteiger partial charge in [-0.2, -0.15) is 0 Å². The number of carboxylic acids is 1. The third-order valence-corrected chi connectivity index (χ3v) is 5.58. The maximum absolute atomic E-state index is 13.1. The average Bonchev–Trinajstić information content (AvgIpc) is 2.83. The van der Waals surface area contributed by atoms with Crippen molar-refractivity contribution >= 4 is 17.6 Å². The van der Waals surface area contributed by atoms with Gasteiger partial charge in [0, 0.05) is 24.3 Å². The topological polar surface area (TPSA) is 69.6 Å². The van der Waals surface area contributed by atoms with Crippen LogP contribution in [0.15, 0.2) is 78.9 Å². The number of carbonyl (C=O) groups excluding carboxylic acids is 1. The summed E-state index contributed by atoms with van der Waals surface area (Å²) in [7, 11) is 0. The second-order valence-electron chi connectivity index (χ2n) is 8.14. The Morgan fingerprint density at radius 2 is 1.45 bits per heavy atom. The van der Waals surface area contributed by atoms with Gasteiger partial charge < -0.3 is 15.3 Å². The summed E-state index contributed by atoms with van der Waals surface area (Å²) in [5.41, 5.74) is 4.21. The van der Waals surface area contributed by atoms with Crippen LogP contribution in [0.25, 0.3) is 0 Å². The lowest BCUT2D eigenvalue weighted by atomic mass is 9.95. The fourth-order valence-electron chi connectivity index (χ4n) is 4.06. The largest absolute Gasteiger partial charge is 0.478 e. The number of nitrogens with one attached hydrogen (secondary N) is 1. The Balaban J connectivity index is 1.90. The summed E-state index contributed by atoms with van der Waals surface area (Å²) in [5, 5.41) is 12.3. The second-order valence-corrected chi connectivity index (χ2v) is 8.14. The number of anilines is 1. The van der Waals surface area contributed by atoms with Gasteiger partial charge in [0.25, 0.3) is 0 Å². The quantitative estimate of drug-likeness (QED) is 0.412. The first kappa shape index (κ1) is 24.1. The molecule has 3 aromatic carbocycles. The number of benzene rings is 3. The third kappa shape index (κ3) is 6.45. The predicted molar refractivity (Wildman–Crippen MR) is 133 cm³/mol. The molecule has 1 amide bonds. The minimum absolute atomic E-state index is 0.112. The Morgan fingerprint density at radius 1 is 0.848 bits per heavy atom. The van der Waals surface area contributed by atoms with E-state index < -0.39 is 5.97 Å². The summed E-state index contributed by atoms with van der Waals surface area (Å²) in [6, 6.07) is 24.5. The highest BCUT2D eigenvalue weighted by Crippen LogP contribution is 2.31. The van der Waals surface area contributed by atoms with Crippen LogP contribution in [0.5, 0.6) is 0 Å². The normalized spacial score (nSPS) is 11.6. The van der Waals surface area contributed by atoms with Gasteiger partial charge >= 0.3 is 5.97 Å². The highest BCUT2D eigenvalue weighted by molar-refractivity contribution is 5.88. The molecule has 0 aliphatic rings. The van der Waals surface area contributed by atoms with Crippen LogP contribution < -0.4 is 10.2 Å². The number of carbonyl (C=O) groups is 2. The lowest BCUT2D eigenvalue weighted by molar-refractivity contribution is -0.120. The van der Waals surface area contributed by atoms with Crippen molar-refractivity contribution in [1.29, 1.82) is 0 Å². The van der Waals surface area contributed by atoms with E-state index >= 15 is 0 Å². The van der Waals surface area contributed by atoms with Gasteiger partial charge in [-0.1, -0.05) is 74.5 Å². The number of aromatic carboxylic acids is 1. The van der Waals surface area contributed by atoms with Gasteiger partial charge in [-0.15, -0.1) is 0 Å². The zero-order valence-corrected chi connectivity index (χ0v) is 19.3. The fraction of sp³-hybridized carbons (Fsp3) is 0.286. The van der Waals surface area contributed by atoms with Crippen molar-refractivity contribution in [2.24, 2.45) is 0 Å². The molecular formula is C28H32N2O3. The highest BCUT2D eigenvalue weighted by Gasteiger charge is 2.22. The molecule has 3 aromatic rings. The Labute approximate surface area is 196 Å². The SMILES string of the molecule is CCCN(CCC)c1ccccc1C(NC(=O)Cc1ccc(C(=O)O)cc1)c1ccccc1. The van der Waals surface area contributed by atoms with Crippen LogP contribution in [0.3, 0.4) is 0 Å². The van der Waals surface area contributed by atoms with Crippen molar-refractivity contribution in [2.45, 2.75) is 39.2 Å². The minimum atomic E-state index is -0.976. The van der Waals surface area contributed by atoms with E-state index in [-0.39, 0.29) is 23.9 Å². The van der Waals surface area contributed by atoms with Gasteiger partial charge in [-0.25, -0.2) is 4.79 Å². The third-order valence-electron chi connectivity index (χ3n) is 5.58. The predicted octanol–water partition coefficient (Wildman–Crippen LogP) is 5.46. The van der Waals surface area contributed by atoms with E-state index in [2.05, 4.69) is 36.2 Å². The van der Waals surface area contributed by atoms with E-state index in [0.717, 1.165) is 48.3 Å². The van der Waals surface area contributed by atoms with E-state index in [9.17, 15) is 9.59 Å². The molecule has 0 radical (unpaired) electrons. The molecule has 0 aromatic heterocycles. The first-order valence-electron chi connectivity index (χ1n) is 11.5. The Kier molecular flexibility index (Phi) is 8.64. The molecule has 0 heterocycles. The van der Waals surface area contributed by atoms with Crippen molar-refractivity contribution < 1.29 is 14.7 Å². The molecule has 0 aliphatic carbocycles. The molecular weight excluding hydrogens is 412 g/mol. The number of amides is 1. The fourth-order valence-corrected chi connectivity index (χ4v) is 4.06. The Hall–Kier alpha value is -3.60. The van der Waals surface area contributed by atoms with Crippen LogP contribution in [0.1, 0.15) is 59.8 Å². The monoisotopic (exact) mass is 444 g/mol. The maximum Gasteiger partial charge on any atom is 0.335 e. The van der Waals surface area contributed by atoms with Crippen molar-refractivity contribution in [3.8, 4) is 0 Å². The van der Waals surface area contributed by atoms with Crippen molar-refractivity contribution in [3.63, 3.8) is 0 Å². The number of rotatable bonds is 11. The second kappa shape index (κ2) is 11.9. The molecule has 0 aliphatic heterocycles. The molecule has 33 heavy (non-hydrogen) atoms. The summed E-state index contributed by atoms with van der Waals surface area (Å²) >= 11 is 0. The summed E-state index contributed by atoms with van der Waals surface area (Å²) in [5.74, 6) is -1.09. The van der Waals surface area contributed by atoms with E-state index in [1.807, 2.05) is 42.5 Å². The molecule has 3 rings (SSSR count). The van der Waals surface area contributed by atoms with Crippen molar-refractivity contribution in [2.75, 3.05) is 18.0 Å². The van der Waals surface area contributed by atoms with E-state index in [0.29, 0.717) is 0 Å². The Morgan fingerprint density at radius 3 is 2.06 bits per heavy atom. The van der Waals surface area contributed by atoms with Crippen LogP contribution in [0, 0.1) is 0 Å². The lowest BCUT2D eigenvalue weighted by Gasteiger charge is -2.30. The van der Waals surface area contributed by atoms with Gasteiger partial charge in [0.1, 0.15) is 0 Å². The van der Waals surface area contributed by atoms with Crippen molar-refractivity contribution in [1.82, 2.24) is 5.32 Å². The number of hydrogen-bond acceptors (Lipinski definition) is 3. The average molecular weight is 445 g/mol. The molecule has 172 valence electrons. The van der Waals surface area contributed by atoms with Gasteiger partial charge in [-0.3, -0.25) is 4.79 Å². The molecule has 0 bridgehead atoms. The van der Waals surface area contributed by atoms with Gasteiger partial charge in [0.2, 0.25) is 5.91 Å². The molecule has 1 atom stereocenters. The van der Waals surface area contributed by atoms with Crippen LogP contribution in [-0.4, -0.2) is 30.1 Å². The lowest BCUT2D eigenvalue weighted by Crippen LogP contribution is -2.33. The summed E-state index contributed by atoms with van der Waals surface area (Å²) < 4.78 is 0. The molecule has 1 unspecified atom stereocenters. The smallest absolute Gasteiger partial charge is 0.335 e. The molecule has 2 N–H and O–H groups in total. The van der Waals surface area contributed by atoms with Crippen molar-refractivity contribution in [3.05, 3.63) is 101 Å². The van der Waals surface area contributed by atoms with Gasteiger partial charge in [0.05, 0.1) is 18.0 Å². The number of para-hydroxylation sites is 1. The first-order valence-corrected chi connectivity index (χ1v) is 11.5. The van der Waals surface area contributed by atoms with Crippen LogP contribution in [-0.2, 0) is 11.2 Å². The van der Waals surface area contributed by atoms with E-state index in [1.54, 1.807) is 12.1 Å². The van der Waals surface area contributed by atoms with Crippen LogP contribution >= 0.6 is 0 Å². The summed E-state index contributed by atoms with van der Waals surface area (Å²) in [6.45, 7) is 6.27. The van der Waals surface area contributed by atoms with Crippen LogP contribution in [0.2, 0.25) is 0 Å². The molecule has 0 spiro atoms.